The molecule has 0 radical (unpaired) electrons. The summed E-state index contributed by atoms with van der Waals surface area (Å²) in [6.07, 6.45) is 0. The second-order valence-corrected chi connectivity index (χ2v) is 5.53. The van der Waals surface area contributed by atoms with Crippen LogP contribution in [0.15, 0.2) is 18.2 Å². The van der Waals surface area contributed by atoms with Crippen LogP contribution in [0.2, 0.25) is 0 Å². The molecule has 0 atom stereocenters. The summed E-state index contributed by atoms with van der Waals surface area (Å²) in [6, 6.07) is 5.24. The summed E-state index contributed by atoms with van der Waals surface area (Å²) in [5, 5.41) is 0. The Labute approximate surface area is 101 Å². The highest BCUT2D eigenvalue weighted by atomic mass is 35.5. The van der Waals surface area contributed by atoms with Gasteiger partial charge in [-0.15, -0.1) is 11.6 Å². The van der Waals surface area contributed by atoms with Gasteiger partial charge in [0.05, 0.1) is 18.6 Å². The van der Waals surface area contributed by atoms with Gasteiger partial charge >= 0.3 is 0 Å². The Bertz CT molecular complexity index is 459. The Balaban J connectivity index is 2.97. The molecule has 0 heterocycles. The SMILES string of the molecule is COc1cc(C)ccc1NS(=O)(=O)CCCl. The molecule has 0 fully saturated rings. The first-order chi connectivity index (χ1) is 7.48. The van der Waals surface area contributed by atoms with E-state index in [0.29, 0.717) is 11.4 Å². The smallest absolute Gasteiger partial charge is 0.234 e. The fourth-order valence-electron chi connectivity index (χ4n) is 1.20. The van der Waals surface area contributed by atoms with Crippen molar-refractivity contribution in [2.45, 2.75) is 6.92 Å². The Hall–Kier alpha value is -0.940. The highest BCUT2D eigenvalue weighted by molar-refractivity contribution is 7.92. The van der Waals surface area contributed by atoms with Crippen molar-refractivity contribution in [3.05, 3.63) is 23.8 Å². The average Bonchev–Trinajstić information content (AvgIpc) is 2.20. The quantitative estimate of drug-likeness (QED) is 0.827. The number of methoxy groups -OCH3 is 1. The van der Waals surface area contributed by atoms with Gasteiger partial charge in [0.1, 0.15) is 5.75 Å². The molecule has 1 aromatic rings. The van der Waals surface area contributed by atoms with Gasteiger partial charge in [0.15, 0.2) is 0 Å². The van der Waals surface area contributed by atoms with E-state index in [9.17, 15) is 8.42 Å². The molecule has 1 N–H and O–H groups in total. The minimum absolute atomic E-state index is 0.0590. The van der Waals surface area contributed by atoms with Gasteiger partial charge in [-0.3, -0.25) is 4.72 Å². The summed E-state index contributed by atoms with van der Waals surface area (Å²) in [5.74, 6) is 0.438. The lowest BCUT2D eigenvalue weighted by molar-refractivity contribution is 0.416. The van der Waals surface area contributed by atoms with Gasteiger partial charge < -0.3 is 4.74 Å². The summed E-state index contributed by atoms with van der Waals surface area (Å²) in [7, 11) is -1.90. The van der Waals surface area contributed by atoms with Gasteiger partial charge in [-0.2, -0.15) is 0 Å². The molecule has 90 valence electrons. The van der Waals surface area contributed by atoms with Crippen LogP contribution >= 0.6 is 11.6 Å². The van der Waals surface area contributed by atoms with E-state index in [1.165, 1.54) is 7.11 Å². The van der Waals surface area contributed by atoms with Gasteiger partial charge in [0, 0.05) is 5.88 Å². The molecule has 0 spiro atoms. The van der Waals surface area contributed by atoms with Crippen LogP contribution < -0.4 is 9.46 Å². The lowest BCUT2D eigenvalue weighted by atomic mass is 10.2. The van der Waals surface area contributed by atoms with E-state index in [2.05, 4.69) is 4.72 Å². The minimum Gasteiger partial charge on any atom is -0.495 e. The molecule has 0 aliphatic carbocycles. The zero-order valence-electron chi connectivity index (χ0n) is 9.16. The molecule has 16 heavy (non-hydrogen) atoms. The third-order valence-electron chi connectivity index (χ3n) is 1.97. The standard InChI is InChI=1S/C10H14ClNO3S/c1-8-3-4-9(10(7-8)15-2)12-16(13,14)6-5-11/h3-4,7,12H,5-6H2,1-2H3. The molecule has 0 amide bonds. The Morgan fingerprint density at radius 2 is 2.12 bits per heavy atom. The molecule has 1 rings (SSSR count). The monoisotopic (exact) mass is 263 g/mol. The molecular formula is C10H14ClNO3S. The molecule has 6 heteroatoms. The van der Waals surface area contributed by atoms with Gasteiger partial charge in [0.25, 0.3) is 0 Å². The minimum atomic E-state index is -3.39. The van der Waals surface area contributed by atoms with Crippen LogP contribution in [-0.4, -0.2) is 27.2 Å². The number of alkyl halides is 1. The van der Waals surface area contributed by atoms with Crippen LogP contribution in [0.3, 0.4) is 0 Å². The summed E-state index contributed by atoms with van der Waals surface area (Å²) in [4.78, 5) is 0. The van der Waals surface area contributed by atoms with Crippen LogP contribution in [-0.2, 0) is 10.0 Å². The third kappa shape index (κ3) is 3.57. The predicted molar refractivity (Wildman–Crippen MR) is 65.9 cm³/mol. The Kier molecular flexibility index (Phi) is 4.44. The third-order valence-corrected chi connectivity index (χ3v) is 3.65. The summed E-state index contributed by atoms with van der Waals surface area (Å²) in [6.45, 7) is 1.90. The lowest BCUT2D eigenvalue weighted by Gasteiger charge is -2.11. The first-order valence-electron chi connectivity index (χ1n) is 4.69. The van der Waals surface area contributed by atoms with E-state index in [1.54, 1.807) is 18.2 Å². The van der Waals surface area contributed by atoms with Crippen LogP contribution in [0.1, 0.15) is 5.56 Å². The highest BCUT2D eigenvalue weighted by Crippen LogP contribution is 2.26. The van der Waals surface area contributed by atoms with E-state index in [1.807, 2.05) is 6.92 Å². The van der Waals surface area contributed by atoms with Crippen molar-refractivity contribution >= 4 is 27.3 Å². The largest absolute Gasteiger partial charge is 0.495 e. The molecule has 4 nitrogen and oxygen atoms in total. The van der Waals surface area contributed by atoms with E-state index in [-0.39, 0.29) is 11.6 Å². The number of nitrogens with one attached hydrogen (secondary N) is 1. The Morgan fingerprint density at radius 1 is 1.44 bits per heavy atom. The summed E-state index contributed by atoms with van der Waals surface area (Å²) in [5.41, 5.74) is 1.43. The van der Waals surface area contributed by atoms with Crippen molar-refractivity contribution in [2.75, 3.05) is 23.5 Å². The number of hydrogen-bond donors (Lipinski definition) is 1. The molecule has 0 aliphatic rings. The number of ether oxygens (including phenoxy) is 1. The van der Waals surface area contributed by atoms with Gasteiger partial charge in [-0.25, -0.2) is 8.42 Å². The van der Waals surface area contributed by atoms with Gasteiger partial charge in [-0.1, -0.05) is 6.07 Å². The molecular weight excluding hydrogens is 250 g/mol. The van der Waals surface area contributed by atoms with Crippen molar-refractivity contribution < 1.29 is 13.2 Å². The second kappa shape index (κ2) is 5.41. The molecule has 0 saturated carbocycles. The number of sulfonamides is 1. The molecule has 0 bridgehead atoms. The molecule has 0 unspecified atom stereocenters. The van der Waals surface area contributed by atoms with Crippen LogP contribution in [0.4, 0.5) is 5.69 Å². The van der Waals surface area contributed by atoms with Crippen molar-refractivity contribution in [3.63, 3.8) is 0 Å². The van der Waals surface area contributed by atoms with Crippen molar-refractivity contribution in [2.24, 2.45) is 0 Å². The maximum atomic E-state index is 11.5. The van der Waals surface area contributed by atoms with Crippen molar-refractivity contribution in [1.29, 1.82) is 0 Å². The number of anilines is 1. The number of benzene rings is 1. The second-order valence-electron chi connectivity index (χ2n) is 3.31. The van der Waals surface area contributed by atoms with Gasteiger partial charge in [0.2, 0.25) is 10.0 Å². The number of halogens is 1. The lowest BCUT2D eigenvalue weighted by Crippen LogP contribution is -2.18. The topological polar surface area (TPSA) is 55.4 Å². The van der Waals surface area contributed by atoms with E-state index < -0.39 is 10.0 Å². The first-order valence-corrected chi connectivity index (χ1v) is 6.88. The summed E-state index contributed by atoms with van der Waals surface area (Å²) >= 11 is 5.40. The van der Waals surface area contributed by atoms with Crippen molar-refractivity contribution in [3.8, 4) is 5.75 Å². The molecule has 0 aliphatic heterocycles. The van der Waals surface area contributed by atoms with Gasteiger partial charge in [-0.05, 0) is 24.6 Å². The van der Waals surface area contributed by atoms with Crippen molar-refractivity contribution in [1.82, 2.24) is 0 Å². The maximum absolute atomic E-state index is 11.5. The van der Waals surface area contributed by atoms with E-state index in [0.717, 1.165) is 5.56 Å². The normalized spacial score (nSPS) is 11.2. The van der Waals surface area contributed by atoms with Crippen LogP contribution in [0.5, 0.6) is 5.75 Å². The fourth-order valence-corrected chi connectivity index (χ4v) is 2.62. The highest BCUT2D eigenvalue weighted by Gasteiger charge is 2.12. The summed E-state index contributed by atoms with van der Waals surface area (Å²) < 4.78 is 30.5. The Morgan fingerprint density at radius 3 is 2.69 bits per heavy atom. The van der Waals surface area contributed by atoms with E-state index >= 15 is 0 Å². The molecule has 0 saturated heterocycles. The zero-order chi connectivity index (χ0) is 12.2. The van der Waals surface area contributed by atoms with Crippen LogP contribution in [0, 0.1) is 6.92 Å². The predicted octanol–water partition coefficient (Wildman–Crippen LogP) is 1.98. The maximum Gasteiger partial charge on any atom is 0.234 e. The zero-order valence-corrected chi connectivity index (χ0v) is 10.7. The first kappa shape index (κ1) is 13.1. The number of aryl methyl sites for hydroxylation is 1. The van der Waals surface area contributed by atoms with Crippen LogP contribution in [0.25, 0.3) is 0 Å². The average molecular weight is 264 g/mol. The molecule has 0 aromatic heterocycles. The number of hydrogen-bond acceptors (Lipinski definition) is 3. The van der Waals surface area contributed by atoms with E-state index in [4.69, 9.17) is 16.3 Å². The fraction of sp³-hybridized carbons (Fsp3) is 0.400. The number of rotatable bonds is 5. The molecule has 1 aromatic carbocycles.